The number of phenols is 2. The molecule has 2 fully saturated rings. The molecule has 0 aromatic heterocycles. The van der Waals surface area contributed by atoms with E-state index in [0.717, 1.165) is 32.7 Å². The number of piperazine rings is 1. The van der Waals surface area contributed by atoms with Crippen molar-refractivity contribution in [3.8, 4) is 17.2 Å². The van der Waals surface area contributed by atoms with Gasteiger partial charge in [-0.25, -0.2) is 4.79 Å². The number of phenolic OH excluding ortho intramolecular Hbond substituents is 2. The number of aliphatic hydroxyl groups is 3. The zero-order chi connectivity index (χ0) is 45.4. The van der Waals surface area contributed by atoms with Gasteiger partial charge < -0.3 is 60.0 Å². The lowest BCUT2D eigenvalue weighted by Gasteiger charge is -2.42. The Balaban J connectivity index is 1.05. The minimum absolute atomic E-state index is 0.0469. The first-order valence-corrected chi connectivity index (χ1v) is 21.5. The summed E-state index contributed by atoms with van der Waals surface area (Å²) >= 11 is 0. The Kier molecular flexibility index (Phi) is 13.6. The van der Waals surface area contributed by atoms with Crippen LogP contribution < -0.4 is 15.4 Å². The molecule has 8 atom stereocenters. The number of carbonyl (C=O) groups excluding carboxylic acids is 5. The topological polar surface area (TPSA) is 254 Å². The number of likely N-dealkylation sites (N-methyl/N-ethyl adjacent to an activating group) is 1. The molecule has 2 amide bonds. The maximum atomic E-state index is 14.0. The number of benzene rings is 2. The lowest BCUT2D eigenvalue weighted by molar-refractivity contribution is -0.249. The van der Waals surface area contributed by atoms with Gasteiger partial charge in [-0.15, -0.1) is 0 Å². The van der Waals surface area contributed by atoms with E-state index in [4.69, 9.17) is 18.9 Å². The van der Waals surface area contributed by atoms with E-state index >= 15 is 0 Å². The standard InChI is InChI=1S/C45H58N4O14/c1-24-37(52)28(47-43(58)62-25-8-5-6-12-44(2,13-11-25)42(57)46-14-15-49-18-16-48(3)17-19-49)20-32(61-24)63-30-22-45(59,31(51)23-50)21-27-34(30)41(56)36-35(39(27)54)38(53)26-9-7-10-29(60-4)33(26)40(36)55/h5,7-10,24-25,28,30,32,37,50,52,54,56,59H,6,11-23H2,1-4H3,(H,46,57)(H,47,58)/b8-5+/t24-,25-,28-,30-,32-,37+,44+,45-/m0/s1. The van der Waals surface area contributed by atoms with Crippen molar-refractivity contribution in [2.24, 2.45) is 5.41 Å². The average molecular weight is 879 g/mol. The number of fused-ring (bicyclic) bond motifs is 3. The van der Waals surface area contributed by atoms with Crippen LogP contribution in [0, 0.1) is 5.41 Å². The molecule has 63 heavy (non-hydrogen) atoms. The van der Waals surface area contributed by atoms with Crippen molar-refractivity contribution in [1.29, 1.82) is 0 Å². The summed E-state index contributed by atoms with van der Waals surface area (Å²) in [6, 6.07) is 3.30. The van der Waals surface area contributed by atoms with Crippen LogP contribution in [0.4, 0.5) is 4.79 Å². The summed E-state index contributed by atoms with van der Waals surface area (Å²) in [7, 11) is 3.41. The second-order valence-electron chi connectivity index (χ2n) is 17.7. The van der Waals surface area contributed by atoms with Crippen molar-refractivity contribution < 1.29 is 68.5 Å². The summed E-state index contributed by atoms with van der Waals surface area (Å²) < 4.78 is 23.4. The second kappa shape index (κ2) is 18.6. The van der Waals surface area contributed by atoms with Gasteiger partial charge in [-0.1, -0.05) is 25.1 Å². The summed E-state index contributed by atoms with van der Waals surface area (Å²) in [5.41, 5.74) is -4.78. The molecule has 7 N–H and O–H groups in total. The van der Waals surface area contributed by atoms with Crippen molar-refractivity contribution in [3.05, 3.63) is 63.7 Å². The number of nitrogens with zero attached hydrogens (tertiary/aromatic N) is 2. The van der Waals surface area contributed by atoms with Crippen molar-refractivity contribution in [2.75, 3.05) is 60.0 Å². The third-order valence-electron chi connectivity index (χ3n) is 13.4. The lowest BCUT2D eigenvalue weighted by Crippen LogP contribution is -2.56. The van der Waals surface area contributed by atoms with Gasteiger partial charge in [0.1, 0.15) is 41.7 Å². The van der Waals surface area contributed by atoms with Gasteiger partial charge in [-0.05, 0) is 51.8 Å². The number of aromatic hydroxyl groups is 2. The third-order valence-corrected chi connectivity index (χ3v) is 13.4. The number of ether oxygens (including phenoxy) is 4. The van der Waals surface area contributed by atoms with E-state index in [2.05, 4.69) is 27.5 Å². The first-order valence-electron chi connectivity index (χ1n) is 21.5. The Hall–Kier alpha value is -4.95. The number of methoxy groups -OCH3 is 1. The predicted octanol–water partition coefficient (Wildman–Crippen LogP) is 1.64. The number of alkyl carbamates (subject to hydrolysis) is 1. The van der Waals surface area contributed by atoms with Crippen LogP contribution in [0.5, 0.6) is 17.2 Å². The molecule has 0 radical (unpaired) electrons. The molecule has 2 aromatic carbocycles. The highest BCUT2D eigenvalue weighted by Gasteiger charge is 2.50. The fourth-order valence-corrected chi connectivity index (χ4v) is 9.45. The SMILES string of the molecule is COc1cccc2c1C(=O)c1c(O)c3c(c(O)c1C2=O)C[C@@](O)(C(=O)CO)C[C@@H]3O[C@H]1C[C@H](NC(=O)O[C@H]2/C=C/CC[C@@](C)(C(=O)NCCN3CCN(C)CC3)CC2)[C@H](O)[C@H](C)O1. The second-order valence-corrected chi connectivity index (χ2v) is 17.7. The van der Waals surface area contributed by atoms with Crippen LogP contribution in [0.15, 0.2) is 30.4 Å². The molecular weight excluding hydrogens is 821 g/mol. The van der Waals surface area contributed by atoms with Gasteiger partial charge in [0.15, 0.2) is 17.9 Å². The Labute approximate surface area is 365 Å². The number of Topliss-reactive ketones (excluding diaryl/α,β-unsaturated/α-hetero) is 1. The smallest absolute Gasteiger partial charge is 0.408 e. The molecule has 18 nitrogen and oxygen atoms in total. The summed E-state index contributed by atoms with van der Waals surface area (Å²) in [6.45, 7) is 7.57. The quantitative estimate of drug-likeness (QED) is 0.107. The highest BCUT2D eigenvalue weighted by Crippen LogP contribution is 2.52. The molecule has 5 aliphatic rings. The van der Waals surface area contributed by atoms with Gasteiger partial charge in [0.05, 0.1) is 42.0 Å². The Bertz CT molecular complexity index is 2160. The molecule has 2 saturated heterocycles. The monoisotopic (exact) mass is 878 g/mol. The number of rotatable bonds is 11. The van der Waals surface area contributed by atoms with E-state index in [0.29, 0.717) is 32.2 Å². The van der Waals surface area contributed by atoms with Crippen LogP contribution in [-0.2, 0) is 30.2 Å². The van der Waals surface area contributed by atoms with Crippen LogP contribution in [0.25, 0.3) is 0 Å². The molecule has 0 saturated carbocycles. The van der Waals surface area contributed by atoms with E-state index < -0.39 is 113 Å². The fourth-order valence-electron chi connectivity index (χ4n) is 9.45. The van der Waals surface area contributed by atoms with E-state index in [9.17, 15) is 49.5 Å². The minimum atomic E-state index is -2.36. The van der Waals surface area contributed by atoms with E-state index in [-0.39, 0.29) is 40.3 Å². The largest absolute Gasteiger partial charge is 0.507 e. The van der Waals surface area contributed by atoms with E-state index in [1.807, 2.05) is 13.0 Å². The van der Waals surface area contributed by atoms with Gasteiger partial charge in [0.2, 0.25) is 11.7 Å². The fraction of sp³-hybridized carbons (Fsp3) is 0.578. The van der Waals surface area contributed by atoms with Crippen LogP contribution in [0.2, 0.25) is 0 Å². The lowest BCUT2D eigenvalue weighted by atomic mass is 9.72. The molecule has 18 heteroatoms. The first-order chi connectivity index (χ1) is 30.0. The number of aliphatic hydroxyl groups excluding tert-OH is 2. The van der Waals surface area contributed by atoms with Gasteiger partial charge >= 0.3 is 6.09 Å². The molecule has 2 aliphatic heterocycles. The number of amides is 2. The number of hydrogen-bond acceptors (Lipinski definition) is 16. The van der Waals surface area contributed by atoms with Crippen molar-refractivity contribution >= 4 is 29.4 Å². The third kappa shape index (κ3) is 9.20. The molecular formula is C45H58N4O14. The number of ketones is 3. The molecule has 2 heterocycles. The van der Waals surface area contributed by atoms with Gasteiger partial charge in [0, 0.05) is 80.6 Å². The number of hydrogen-bond donors (Lipinski definition) is 7. The first kappa shape index (κ1) is 46.1. The van der Waals surface area contributed by atoms with Crippen molar-refractivity contribution in [3.63, 3.8) is 0 Å². The van der Waals surface area contributed by atoms with Gasteiger partial charge in [-0.2, -0.15) is 0 Å². The molecule has 0 unspecified atom stereocenters. The summed E-state index contributed by atoms with van der Waals surface area (Å²) in [6.07, 6.45) is -2.21. The average Bonchev–Trinajstić information content (AvgIpc) is 3.25. The Morgan fingerprint density at radius 1 is 1.02 bits per heavy atom. The summed E-state index contributed by atoms with van der Waals surface area (Å²) in [5, 5.41) is 61.9. The highest BCUT2D eigenvalue weighted by atomic mass is 16.7. The van der Waals surface area contributed by atoms with Gasteiger partial charge in [0.25, 0.3) is 0 Å². The molecule has 342 valence electrons. The Morgan fingerprint density at radius 3 is 2.46 bits per heavy atom. The zero-order valence-electron chi connectivity index (χ0n) is 36.1. The van der Waals surface area contributed by atoms with Gasteiger partial charge in [-0.3, -0.25) is 24.1 Å². The normalized spacial score (nSPS) is 30.5. The number of carbonyl (C=O) groups is 5. The van der Waals surface area contributed by atoms with Crippen LogP contribution >= 0.6 is 0 Å². The summed E-state index contributed by atoms with van der Waals surface area (Å²) in [4.78, 5) is 72.3. The number of nitrogens with one attached hydrogen (secondary N) is 2. The van der Waals surface area contributed by atoms with Crippen LogP contribution in [0.1, 0.15) is 101 Å². The molecule has 0 bridgehead atoms. The predicted molar refractivity (Wildman–Crippen MR) is 224 cm³/mol. The number of allylic oxidation sites excluding steroid dienone is 1. The van der Waals surface area contributed by atoms with E-state index in [1.165, 1.54) is 32.2 Å². The van der Waals surface area contributed by atoms with Crippen LogP contribution in [0.3, 0.4) is 0 Å². The van der Waals surface area contributed by atoms with Crippen molar-refractivity contribution in [2.45, 2.75) is 101 Å². The molecule has 2 aromatic rings. The molecule has 3 aliphatic carbocycles. The van der Waals surface area contributed by atoms with Crippen LogP contribution in [-0.4, -0.2) is 161 Å². The summed E-state index contributed by atoms with van der Waals surface area (Å²) in [5.74, 6) is -4.15. The zero-order valence-corrected chi connectivity index (χ0v) is 36.1. The highest BCUT2D eigenvalue weighted by molar-refractivity contribution is 6.31. The Morgan fingerprint density at radius 2 is 1.75 bits per heavy atom. The minimum Gasteiger partial charge on any atom is -0.507 e. The maximum Gasteiger partial charge on any atom is 0.408 e. The van der Waals surface area contributed by atoms with Crippen molar-refractivity contribution in [1.82, 2.24) is 20.4 Å². The van der Waals surface area contributed by atoms with E-state index in [1.54, 1.807) is 6.08 Å². The maximum absolute atomic E-state index is 14.0. The molecule has 0 spiro atoms. The molecule has 7 rings (SSSR count).